The highest BCUT2D eigenvalue weighted by atomic mass is 16.5. The minimum atomic E-state index is 0.321. The summed E-state index contributed by atoms with van der Waals surface area (Å²) in [5.41, 5.74) is 0. The Hall–Kier alpha value is -0.720. The zero-order valence-electron chi connectivity index (χ0n) is 12.8. The van der Waals surface area contributed by atoms with E-state index < -0.39 is 0 Å². The predicted molar refractivity (Wildman–Crippen MR) is 79.6 cm³/mol. The molecule has 0 aromatic heterocycles. The van der Waals surface area contributed by atoms with Crippen molar-refractivity contribution < 1.29 is 6.11 Å². The molecule has 1 nitrogen and oxygen atoms in total. The normalized spacial score (nSPS) is 18.7. The molecule has 0 aromatic rings. The second kappa shape index (κ2) is 11.4. The van der Waals surface area contributed by atoms with E-state index in [1.165, 1.54) is 57.8 Å². The molecule has 1 unspecified atom stereocenters. The van der Waals surface area contributed by atoms with Gasteiger partial charge in [-0.25, -0.2) is 0 Å². The molecule has 0 aromatic carbocycles. The molecular formula is C17H30O. The maximum atomic E-state index is 7.07. The highest BCUT2D eigenvalue weighted by molar-refractivity contribution is 5.07. The maximum absolute atomic E-state index is 7.07. The van der Waals surface area contributed by atoms with Gasteiger partial charge in [0.05, 0.1) is 6.26 Å². The third kappa shape index (κ3) is 8.38. The van der Waals surface area contributed by atoms with Gasteiger partial charge in [0, 0.05) is 1.37 Å². The monoisotopic (exact) mass is 251 g/mol. The highest BCUT2D eigenvalue weighted by Crippen LogP contribution is 2.14. The first-order chi connectivity index (χ1) is 9.43. The summed E-state index contributed by atoms with van der Waals surface area (Å²) in [4.78, 5) is 0. The molecule has 1 aliphatic rings. The van der Waals surface area contributed by atoms with E-state index in [9.17, 15) is 0 Å². The molecule has 0 amide bonds. The summed E-state index contributed by atoms with van der Waals surface area (Å²) < 4.78 is 12.6. The Balaban J connectivity index is 1.74. The second-order valence-corrected chi connectivity index (χ2v) is 5.21. The topological polar surface area (TPSA) is 9.23 Å². The van der Waals surface area contributed by atoms with E-state index in [2.05, 4.69) is 12.2 Å². The van der Waals surface area contributed by atoms with Crippen molar-refractivity contribution >= 4 is 0 Å². The first kappa shape index (κ1) is 13.7. The average Bonchev–Trinajstić information content (AvgIpc) is 2.46. The Morgan fingerprint density at radius 2 is 1.56 bits per heavy atom. The Bertz CT molecular complexity index is 248. The summed E-state index contributed by atoms with van der Waals surface area (Å²) in [6, 6.07) is 0. The fraction of sp³-hybridized carbons (Fsp3) is 0.765. The molecule has 1 heteroatoms. The molecule has 0 N–H and O–H groups in total. The van der Waals surface area contributed by atoms with Gasteiger partial charge in [0.25, 0.3) is 0 Å². The van der Waals surface area contributed by atoms with Crippen LogP contribution in [0.2, 0.25) is 0 Å². The molecule has 1 heterocycles. The van der Waals surface area contributed by atoms with Crippen LogP contribution in [0.4, 0.5) is 0 Å². The Morgan fingerprint density at radius 3 is 2.17 bits per heavy atom. The van der Waals surface area contributed by atoms with Crippen molar-refractivity contribution in [3.05, 3.63) is 24.5 Å². The zero-order valence-corrected chi connectivity index (χ0v) is 11.8. The molecule has 1 atom stereocenters. The summed E-state index contributed by atoms with van der Waals surface area (Å²) in [6.07, 6.45) is 22.7. The van der Waals surface area contributed by atoms with Crippen LogP contribution in [-0.2, 0) is 4.74 Å². The number of rotatable bonds is 11. The number of ether oxygens (including phenoxy) is 1. The van der Waals surface area contributed by atoms with Gasteiger partial charge in [-0.15, -0.1) is 0 Å². The number of allylic oxidation sites excluding steroid dienone is 2. The number of hydrogen-bond acceptors (Lipinski definition) is 1. The second-order valence-electron chi connectivity index (χ2n) is 5.21. The molecule has 0 bridgehead atoms. The average molecular weight is 251 g/mol. The molecule has 0 aliphatic carbocycles. The maximum Gasteiger partial charge on any atom is 0.116 e. The van der Waals surface area contributed by atoms with E-state index in [0.717, 1.165) is 12.8 Å². The van der Waals surface area contributed by atoms with Gasteiger partial charge in [-0.3, -0.25) is 0 Å². The van der Waals surface area contributed by atoms with E-state index in [0.29, 0.717) is 13.0 Å². The zero-order chi connectivity index (χ0) is 13.6. The van der Waals surface area contributed by atoms with Crippen LogP contribution in [0, 0.1) is 0 Å². The largest absolute Gasteiger partial charge is 0.494 e. The van der Waals surface area contributed by atoms with Crippen molar-refractivity contribution in [1.29, 1.82) is 0 Å². The lowest BCUT2D eigenvalue weighted by Crippen LogP contribution is -2.07. The predicted octanol–water partition coefficient (Wildman–Crippen LogP) is 5.77. The van der Waals surface area contributed by atoms with Crippen molar-refractivity contribution in [2.45, 2.75) is 83.6 Å². The molecular weight excluding hydrogens is 220 g/mol. The van der Waals surface area contributed by atoms with E-state index in [-0.39, 0.29) is 0 Å². The summed E-state index contributed by atoms with van der Waals surface area (Å²) in [5.74, 6) is 0. The van der Waals surface area contributed by atoms with E-state index in [1.807, 2.05) is 6.08 Å². The molecule has 104 valence electrons. The lowest BCUT2D eigenvalue weighted by molar-refractivity contribution is 0.170. The van der Waals surface area contributed by atoms with Crippen LogP contribution < -0.4 is 0 Å². The lowest BCUT2D eigenvalue weighted by Gasteiger charge is -2.14. The molecule has 0 spiro atoms. The van der Waals surface area contributed by atoms with Gasteiger partial charge < -0.3 is 4.74 Å². The Labute approximate surface area is 115 Å². The first-order valence-electron chi connectivity index (χ1n) is 8.42. The third-order valence-corrected chi connectivity index (χ3v) is 3.51. The quantitative estimate of drug-likeness (QED) is 0.424. The van der Waals surface area contributed by atoms with E-state index >= 15 is 0 Å². The molecule has 1 rings (SSSR count). The molecule has 0 radical (unpaired) electrons. The summed E-state index contributed by atoms with van der Waals surface area (Å²) >= 11 is 0. The van der Waals surface area contributed by atoms with E-state index in [4.69, 9.17) is 6.11 Å². The van der Waals surface area contributed by atoms with Gasteiger partial charge in [-0.2, -0.15) is 0 Å². The van der Waals surface area contributed by atoms with Gasteiger partial charge >= 0.3 is 0 Å². The first-order valence-corrected chi connectivity index (χ1v) is 7.71. The van der Waals surface area contributed by atoms with Crippen LogP contribution in [0.15, 0.2) is 24.5 Å². The van der Waals surface area contributed by atoms with Crippen LogP contribution in [0.3, 0.4) is 0 Å². The summed E-state index contributed by atoms with van der Waals surface area (Å²) in [7, 11) is 0. The van der Waals surface area contributed by atoms with Crippen molar-refractivity contribution in [1.82, 2.24) is 0 Å². The van der Waals surface area contributed by atoms with Crippen molar-refractivity contribution in [3.8, 4) is 0 Å². The summed E-state index contributed by atoms with van der Waals surface area (Å²) in [5, 5.41) is 0. The molecule has 0 saturated carbocycles. The van der Waals surface area contributed by atoms with Crippen molar-refractivity contribution in [2.24, 2.45) is 0 Å². The van der Waals surface area contributed by atoms with Crippen LogP contribution >= 0.6 is 0 Å². The van der Waals surface area contributed by atoms with Crippen LogP contribution in [-0.4, -0.2) is 6.10 Å². The SMILES string of the molecule is [2H]CCCCCCCCCCCCC1C=CC=CO1. The van der Waals surface area contributed by atoms with Crippen LogP contribution in [0.1, 0.15) is 78.9 Å². The number of unbranched alkanes of at least 4 members (excludes halogenated alkanes) is 9. The van der Waals surface area contributed by atoms with Gasteiger partial charge in [0.2, 0.25) is 0 Å². The minimum absolute atomic E-state index is 0.321. The minimum Gasteiger partial charge on any atom is -0.494 e. The summed E-state index contributed by atoms with van der Waals surface area (Å²) in [6.45, 7) is 0.607. The van der Waals surface area contributed by atoms with Gasteiger partial charge in [-0.05, 0) is 25.0 Å². The van der Waals surface area contributed by atoms with Crippen LogP contribution in [0.5, 0.6) is 0 Å². The molecule has 1 aliphatic heterocycles. The lowest BCUT2D eigenvalue weighted by atomic mass is 10.0. The van der Waals surface area contributed by atoms with E-state index in [1.54, 1.807) is 6.26 Å². The fourth-order valence-corrected chi connectivity index (χ4v) is 2.35. The van der Waals surface area contributed by atoms with Gasteiger partial charge in [-0.1, -0.05) is 70.8 Å². The van der Waals surface area contributed by atoms with Crippen molar-refractivity contribution in [3.63, 3.8) is 0 Å². The van der Waals surface area contributed by atoms with Gasteiger partial charge in [0.1, 0.15) is 6.10 Å². The molecule has 18 heavy (non-hydrogen) atoms. The third-order valence-electron chi connectivity index (χ3n) is 3.51. The standard InChI is InChI=1S/C17H30O/c1-2-3-4-5-6-7-8-9-10-11-14-17-15-12-13-16-18-17/h12-13,15-17H,2-11,14H2,1H3/i1D. The van der Waals surface area contributed by atoms with Gasteiger partial charge in [0.15, 0.2) is 0 Å². The van der Waals surface area contributed by atoms with Crippen LogP contribution in [0.25, 0.3) is 0 Å². The fourth-order valence-electron chi connectivity index (χ4n) is 2.35. The van der Waals surface area contributed by atoms with Crippen molar-refractivity contribution in [2.75, 3.05) is 0 Å². The molecule has 0 saturated heterocycles. The Morgan fingerprint density at radius 1 is 0.889 bits per heavy atom. The smallest absolute Gasteiger partial charge is 0.116 e. The Kier molecular flexibility index (Phi) is 8.66. The molecule has 0 fully saturated rings. The number of hydrogen-bond donors (Lipinski definition) is 0. The highest BCUT2D eigenvalue weighted by Gasteiger charge is 2.04.